The van der Waals surface area contributed by atoms with Crippen molar-refractivity contribution >= 4 is 43.8 Å². The molecule has 0 aliphatic rings. The van der Waals surface area contributed by atoms with Gasteiger partial charge in [-0.25, -0.2) is 18.4 Å². The maximum Gasteiger partial charge on any atom is 0.337 e. The fraction of sp³-hybridized carbons (Fsp3) is 0.222. The standard InChI is InChI=1S/C18H14Br2F2O4/c1-25-15(23)11-3-7-13(8-4-11)17(19,21)18(20,22)14-9-5-12(6-10-14)16(24)26-2/h3-10H,1-2H3/t17-,18-/m1/s1. The summed E-state index contributed by atoms with van der Waals surface area (Å²) in [5.41, 5.74) is 0.310. The molecule has 2 rings (SSSR count). The highest BCUT2D eigenvalue weighted by Gasteiger charge is 2.53. The van der Waals surface area contributed by atoms with Gasteiger partial charge >= 0.3 is 11.9 Å². The summed E-state index contributed by atoms with van der Waals surface area (Å²) in [6, 6.07) is 10.4. The van der Waals surface area contributed by atoms with Gasteiger partial charge in [0.15, 0.2) is 0 Å². The zero-order valence-corrected chi connectivity index (χ0v) is 16.9. The molecule has 138 valence electrons. The lowest BCUT2D eigenvalue weighted by molar-refractivity contribution is 0.0591. The molecule has 2 atom stereocenters. The van der Waals surface area contributed by atoms with Gasteiger partial charge < -0.3 is 9.47 Å². The van der Waals surface area contributed by atoms with Crippen LogP contribution in [0.15, 0.2) is 48.5 Å². The van der Waals surface area contributed by atoms with Gasteiger partial charge in [0.25, 0.3) is 0 Å². The number of carbonyl (C=O) groups is 2. The number of alkyl halides is 4. The van der Waals surface area contributed by atoms with Crippen LogP contribution in [0.2, 0.25) is 0 Å². The number of halogens is 4. The van der Waals surface area contributed by atoms with Gasteiger partial charge in [0.05, 0.1) is 25.3 Å². The zero-order chi connectivity index (χ0) is 19.5. The van der Waals surface area contributed by atoms with Gasteiger partial charge in [0.2, 0.25) is 9.16 Å². The number of benzene rings is 2. The first-order chi connectivity index (χ1) is 12.1. The normalized spacial score (nSPS) is 15.5. The van der Waals surface area contributed by atoms with Crippen LogP contribution in [0.1, 0.15) is 31.8 Å². The lowest BCUT2D eigenvalue weighted by Crippen LogP contribution is -2.32. The first-order valence-electron chi connectivity index (χ1n) is 7.28. The SMILES string of the molecule is COC(=O)c1ccc([C@](F)(Br)[C@@](F)(Br)c2ccc(C(=O)OC)cc2)cc1. The van der Waals surface area contributed by atoms with Gasteiger partial charge in [-0.05, 0) is 56.1 Å². The predicted molar refractivity (Wildman–Crippen MR) is 99.0 cm³/mol. The van der Waals surface area contributed by atoms with Gasteiger partial charge in [-0.1, -0.05) is 24.3 Å². The van der Waals surface area contributed by atoms with Gasteiger partial charge in [0.1, 0.15) is 0 Å². The molecule has 26 heavy (non-hydrogen) atoms. The van der Waals surface area contributed by atoms with Gasteiger partial charge in [-0.15, -0.1) is 0 Å². The summed E-state index contributed by atoms with van der Waals surface area (Å²) in [6.07, 6.45) is 0. The van der Waals surface area contributed by atoms with Crippen molar-refractivity contribution in [2.75, 3.05) is 14.2 Å². The summed E-state index contributed by atoms with van der Waals surface area (Å²) < 4.78 is 34.5. The molecule has 0 radical (unpaired) electrons. The minimum Gasteiger partial charge on any atom is -0.465 e. The van der Waals surface area contributed by atoms with Gasteiger partial charge in [0, 0.05) is 11.1 Å². The molecule has 4 nitrogen and oxygen atoms in total. The number of ether oxygens (including phenoxy) is 2. The van der Waals surface area contributed by atoms with Gasteiger partial charge in [-0.2, -0.15) is 0 Å². The van der Waals surface area contributed by atoms with Crippen LogP contribution in [0.3, 0.4) is 0 Å². The van der Waals surface area contributed by atoms with Crippen LogP contribution in [0.4, 0.5) is 8.78 Å². The maximum atomic E-state index is 15.3. The first-order valence-corrected chi connectivity index (χ1v) is 8.87. The number of methoxy groups -OCH3 is 2. The van der Waals surface area contributed by atoms with E-state index in [1.54, 1.807) is 0 Å². The van der Waals surface area contributed by atoms with Crippen molar-refractivity contribution in [3.8, 4) is 0 Å². The lowest BCUT2D eigenvalue weighted by atomic mass is 9.98. The Kier molecular flexibility index (Phi) is 6.18. The zero-order valence-electron chi connectivity index (χ0n) is 13.8. The molecular weight excluding hydrogens is 478 g/mol. The topological polar surface area (TPSA) is 52.6 Å². The summed E-state index contributed by atoms with van der Waals surface area (Å²) in [4.78, 5) is 22.9. The second kappa shape index (κ2) is 7.84. The molecule has 0 aliphatic heterocycles. The number of rotatable bonds is 5. The fourth-order valence-electron chi connectivity index (χ4n) is 2.23. The third-order valence-corrected chi connectivity index (χ3v) is 6.27. The third kappa shape index (κ3) is 3.81. The summed E-state index contributed by atoms with van der Waals surface area (Å²) in [6.45, 7) is 0. The molecule has 0 unspecified atom stereocenters. The largest absolute Gasteiger partial charge is 0.465 e. The molecule has 0 bridgehead atoms. The van der Waals surface area contributed by atoms with E-state index in [9.17, 15) is 9.59 Å². The molecule has 0 aromatic heterocycles. The van der Waals surface area contributed by atoms with Crippen LogP contribution in [-0.4, -0.2) is 26.2 Å². The third-order valence-electron chi connectivity index (χ3n) is 3.73. The summed E-state index contributed by atoms with van der Waals surface area (Å²) in [5.74, 6) is -1.17. The smallest absolute Gasteiger partial charge is 0.337 e. The Morgan fingerprint density at radius 1 is 0.731 bits per heavy atom. The average Bonchev–Trinajstić information content (AvgIpc) is 2.66. The number of esters is 2. The highest BCUT2D eigenvalue weighted by Crippen LogP contribution is 2.55. The second-order valence-electron chi connectivity index (χ2n) is 5.29. The van der Waals surface area contributed by atoms with Gasteiger partial charge in [-0.3, -0.25) is 0 Å². The monoisotopic (exact) mass is 490 g/mol. The minimum absolute atomic E-state index is 0.0541. The van der Waals surface area contributed by atoms with Crippen molar-refractivity contribution in [3.63, 3.8) is 0 Å². The molecule has 8 heteroatoms. The molecule has 0 saturated heterocycles. The molecule has 0 aliphatic carbocycles. The number of hydrogen-bond donors (Lipinski definition) is 0. The van der Waals surface area contributed by atoms with Crippen molar-refractivity contribution in [3.05, 3.63) is 70.8 Å². The van der Waals surface area contributed by atoms with E-state index in [1.165, 1.54) is 62.8 Å². The molecule has 0 spiro atoms. The average molecular weight is 492 g/mol. The molecule has 0 amide bonds. The van der Waals surface area contributed by atoms with E-state index < -0.39 is 21.1 Å². The second-order valence-corrected chi connectivity index (χ2v) is 7.47. The Balaban J connectivity index is 2.36. The molecular formula is C18H14Br2F2O4. The van der Waals surface area contributed by atoms with E-state index in [1.807, 2.05) is 0 Å². The van der Waals surface area contributed by atoms with Crippen LogP contribution in [0.25, 0.3) is 0 Å². The van der Waals surface area contributed by atoms with Crippen LogP contribution >= 0.6 is 31.9 Å². The minimum atomic E-state index is -2.65. The quantitative estimate of drug-likeness (QED) is 0.436. The maximum absolute atomic E-state index is 15.3. The van der Waals surface area contributed by atoms with Crippen molar-refractivity contribution in [1.82, 2.24) is 0 Å². The molecule has 2 aromatic carbocycles. The van der Waals surface area contributed by atoms with E-state index in [2.05, 4.69) is 41.3 Å². The fourth-order valence-corrected chi connectivity index (χ4v) is 3.22. The van der Waals surface area contributed by atoms with Crippen molar-refractivity contribution in [2.24, 2.45) is 0 Å². The summed E-state index contributed by atoms with van der Waals surface area (Å²) in [7, 11) is 2.45. The van der Waals surface area contributed by atoms with Crippen LogP contribution < -0.4 is 0 Å². The molecule has 0 fully saturated rings. The predicted octanol–water partition coefficient (Wildman–Crippen LogP) is 4.99. The van der Waals surface area contributed by atoms with E-state index in [0.717, 1.165) is 0 Å². The highest BCUT2D eigenvalue weighted by molar-refractivity contribution is 9.12. The summed E-state index contributed by atoms with van der Waals surface area (Å²) >= 11 is 5.58. The Morgan fingerprint density at radius 3 is 1.23 bits per heavy atom. The van der Waals surface area contributed by atoms with Crippen LogP contribution in [0, 0.1) is 0 Å². The van der Waals surface area contributed by atoms with E-state index in [4.69, 9.17) is 0 Å². The molecule has 0 N–H and O–H groups in total. The highest BCUT2D eigenvalue weighted by atomic mass is 79.9. The first kappa shape index (κ1) is 20.5. The Hall–Kier alpha value is -1.80. The van der Waals surface area contributed by atoms with Crippen molar-refractivity contribution < 1.29 is 27.8 Å². The number of hydrogen-bond acceptors (Lipinski definition) is 4. The Labute approximate surface area is 165 Å². The van der Waals surface area contributed by atoms with Crippen molar-refractivity contribution in [2.45, 2.75) is 9.16 Å². The molecule has 0 heterocycles. The van der Waals surface area contributed by atoms with E-state index in [-0.39, 0.29) is 22.3 Å². The van der Waals surface area contributed by atoms with Crippen LogP contribution in [-0.2, 0) is 18.6 Å². The Bertz CT molecular complexity index is 733. The molecule has 0 saturated carbocycles. The Morgan fingerprint density at radius 2 is 1.00 bits per heavy atom. The number of carbonyl (C=O) groups excluding carboxylic acids is 2. The molecule has 2 aromatic rings. The van der Waals surface area contributed by atoms with E-state index in [0.29, 0.717) is 0 Å². The van der Waals surface area contributed by atoms with E-state index >= 15 is 8.78 Å². The lowest BCUT2D eigenvalue weighted by Gasteiger charge is -2.31. The summed E-state index contributed by atoms with van der Waals surface area (Å²) in [5, 5.41) is 0. The van der Waals surface area contributed by atoms with Crippen LogP contribution in [0.5, 0.6) is 0 Å². The van der Waals surface area contributed by atoms with Crippen molar-refractivity contribution in [1.29, 1.82) is 0 Å².